The Morgan fingerprint density at radius 3 is 2.57 bits per heavy atom. The lowest BCUT2D eigenvalue weighted by Crippen LogP contribution is -2.53. The third kappa shape index (κ3) is 3.30. The predicted molar refractivity (Wildman–Crippen MR) is 139 cm³/mol. The molecule has 1 amide bonds. The quantitative estimate of drug-likeness (QED) is 0.505. The smallest absolute Gasteiger partial charge is 0.253 e. The average Bonchev–Trinajstić information content (AvgIpc) is 3.36. The van der Waals surface area contributed by atoms with Crippen molar-refractivity contribution >= 4 is 5.91 Å². The Hall–Kier alpha value is -2.12. The van der Waals surface area contributed by atoms with E-state index in [1.807, 2.05) is 11.9 Å². The minimum Gasteiger partial charge on any atom is -0.338 e. The van der Waals surface area contributed by atoms with Gasteiger partial charge in [-0.3, -0.25) is 4.79 Å². The molecule has 0 radical (unpaired) electrons. The van der Waals surface area contributed by atoms with Crippen LogP contribution in [0.1, 0.15) is 81.1 Å². The van der Waals surface area contributed by atoms with Crippen LogP contribution in [-0.2, 0) is 0 Å². The molecule has 0 N–H and O–H groups in total. The first-order valence-corrected chi connectivity index (χ1v) is 14.0. The zero-order chi connectivity index (χ0) is 24.5. The predicted octanol–water partition coefficient (Wildman–Crippen LogP) is 5.89. The van der Waals surface area contributed by atoms with Crippen molar-refractivity contribution < 1.29 is 4.79 Å². The molecule has 1 spiro atoms. The number of nitriles is 1. The van der Waals surface area contributed by atoms with Crippen molar-refractivity contribution in [1.82, 2.24) is 9.80 Å². The van der Waals surface area contributed by atoms with Crippen LogP contribution in [0.4, 0.5) is 0 Å². The van der Waals surface area contributed by atoms with Crippen LogP contribution >= 0.6 is 0 Å². The molecule has 1 heterocycles. The highest BCUT2D eigenvalue weighted by Gasteiger charge is 2.64. The third-order valence-electron chi connectivity index (χ3n) is 11.8. The second-order valence-electron chi connectivity index (χ2n) is 12.9. The van der Waals surface area contributed by atoms with E-state index in [1.54, 1.807) is 29.8 Å². The molecule has 0 aromatic heterocycles. The lowest BCUT2D eigenvalue weighted by Gasteiger charge is -2.58. The van der Waals surface area contributed by atoms with Crippen molar-refractivity contribution in [3.05, 3.63) is 47.0 Å². The number of likely N-dealkylation sites (tertiary alicyclic amines) is 1. The van der Waals surface area contributed by atoms with Crippen molar-refractivity contribution in [3.8, 4) is 6.07 Å². The van der Waals surface area contributed by atoms with Crippen LogP contribution in [0.25, 0.3) is 0 Å². The number of benzene rings is 1. The highest BCUT2D eigenvalue weighted by atomic mass is 16.2. The summed E-state index contributed by atoms with van der Waals surface area (Å²) in [6, 6.07) is 10.2. The molecule has 5 aliphatic rings. The first kappa shape index (κ1) is 23.3. The van der Waals surface area contributed by atoms with Crippen molar-refractivity contribution in [3.63, 3.8) is 0 Å². The molecule has 186 valence electrons. The monoisotopic (exact) mass is 471 g/mol. The summed E-state index contributed by atoms with van der Waals surface area (Å²) in [5.74, 6) is 3.57. The number of fused-ring (bicyclic) bond motifs is 4. The minimum atomic E-state index is 0.0773. The van der Waals surface area contributed by atoms with E-state index in [0.717, 1.165) is 42.6 Å². The molecule has 6 rings (SSSR count). The number of allylic oxidation sites excluding steroid dienone is 1. The average molecular weight is 472 g/mol. The summed E-state index contributed by atoms with van der Waals surface area (Å²) in [5.41, 5.74) is 3.81. The summed E-state index contributed by atoms with van der Waals surface area (Å²) in [5, 5.41) is 9.06. The zero-order valence-corrected chi connectivity index (χ0v) is 22.0. The van der Waals surface area contributed by atoms with E-state index < -0.39 is 0 Å². The van der Waals surface area contributed by atoms with E-state index in [4.69, 9.17) is 5.26 Å². The van der Waals surface area contributed by atoms with Crippen LogP contribution in [0, 0.1) is 45.8 Å². The molecule has 3 saturated carbocycles. The summed E-state index contributed by atoms with van der Waals surface area (Å²) in [7, 11) is 4.33. The van der Waals surface area contributed by atoms with E-state index >= 15 is 0 Å². The molecule has 4 aliphatic carbocycles. The fourth-order valence-corrected chi connectivity index (χ4v) is 9.83. The molecule has 0 unspecified atom stereocenters. The lowest BCUT2D eigenvalue weighted by atomic mass is 9.47. The first-order chi connectivity index (χ1) is 16.8. The van der Waals surface area contributed by atoms with Gasteiger partial charge >= 0.3 is 0 Å². The van der Waals surface area contributed by atoms with Crippen LogP contribution in [0.15, 0.2) is 35.9 Å². The SMILES string of the molecule is C[C@H]1[C@H]2CC[C@H]3[C@@H]4CC=C5C[C@@H](N(C)C(=O)c6ccc(C#N)cc6)CC[C@]5(C)[C@H]4CC[C@]23CN1C. The number of carbonyl (C=O) groups is 1. The second-order valence-corrected chi connectivity index (χ2v) is 12.9. The summed E-state index contributed by atoms with van der Waals surface area (Å²) in [6.07, 6.45) is 12.9. The van der Waals surface area contributed by atoms with E-state index in [0.29, 0.717) is 22.0 Å². The maximum absolute atomic E-state index is 13.2. The van der Waals surface area contributed by atoms with E-state index in [1.165, 1.54) is 45.1 Å². The summed E-state index contributed by atoms with van der Waals surface area (Å²) < 4.78 is 0. The third-order valence-corrected chi connectivity index (χ3v) is 11.8. The summed E-state index contributed by atoms with van der Waals surface area (Å²) >= 11 is 0. The van der Waals surface area contributed by atoms with Gasteiger partial charge in [0.15, 0.2) is 0 Å². The van der Waals surface area contributed by atoms with Crippen molar-refractivity contribution in [1.29, 1.82) is 5.26 Å². The topological polar surface area (TPSA) is 47.3 Å². The Kier molecular flexibility index (Phi) is 5.46. The summed E-state index contributed by atoms with van der Waals surface area (Å²) in [6.45, 7) is 6.37. The number of hydrogen-bond donors (Lipinski definition) is 0. The Bertz CT molecular complexity index is 1090. The Morgan fingerprint density at radius 2 is 1.83 bits per heavy atom. The molecule has 35 heavy (non-hydrogen) atoms. The van der Waals surface area contributed by atoms with Gasteiger partial charge in [-0.15, -0.1) is 0 Å². The van der Waals surface area contributed by atoms with Gasteiger partial charge in [0.05, 0.1) is 11.6 Å². The van der Waals surface area contributed by atoms with Gasteiger partial charge in [0.1, 0.15) is 0 Å². The molecule has 4 nitrogen and oxygen atoms in total. The first-order valence-electron chi connectivity index (χ1n) is 14.0. The lowest BCUT2D eigenvalue weighted by molar-refractivity contribution is -0.0430. The summed E-state index contributed by atoms with van der Waals surface area (Å²) in [4.78, 5) is 17.8. The maximum atomic E-state index is 13.2. The highest BCUT2D eigenvalue weighted by Crippen LogP contribution is 2.68. The van der Waals surface area contributed by atoms with Crippen LogP contribution in [0.3, 0.4) is 0 Å². The largest absolute Gasteiger partial charge is 0.338 e. The number of amides is 1. The van der Waals surface area contributed by atoms with Gasteiger partial charge in [0.25, 0.3) is 5.91 Å². The van der Waals surface area contributed by atoms with Crippen LogP contribution < -0.4 is 0 Å². The zero-order valence-electron chi connectivity index (χ0n) is 22.0. The van der Waals surface area contributed by atoms with Gasteiger partial charge in [0.2, 0.25) is 0 Å². The van der Waals surface area contributed by atoms with Crippen molar-refractivity contribution in [2.75, 3.05) is 20.6 Å². The fourth-order valence-electron chi connectivity index (χ4n) is 9.83. The number of rotatable bonds is 2. The molecule has 4 heteroatoms. The Labute approximate surface area is 211 Å². The van der Waals surface area contributed by atoms with Crippen molar-refractivity contribution in [2.45, 2.75) is 77.3 Å². The molecule has 1 saturated heterocycles. The second kappa shape index (κ2) is 8.20. The number of hydrogen-bond acceptors (Lipinski definition) is 3. The maximum Gasteiger partial charge on any atom is 0.253 e. The van der Waals surface area contributed by atoms with Gasteiger partial charge in [-0.25, -0.2) is 0 Å². The molecule has 1 aromatic rings. The minimum absolute atomic E-state index is 0.0773. The molecule has 1 aromatic carbocycles. The van der Waals surface area contributed by atoms with Crippen LogP contribution in [-0.4, -0.2) is 48.4 Å². The Balaban J connectivity index is 1.20. The molecular formula is C31H41N3O. The van der Waals surface area contributed by atoms with Crippen LogP contribution in [0.5, 0.6) is 0 Å². The Morgan fingerprint density at radius 1 is 1.09 bits per heavy atom. The van der Waals surface area contributed by atoms with Crippen molar-refractivity contribution in [2.24, 2.45) is 34.5 Å². The molecular weight excluding hydrogens is 430 g/mol. The van der Waals surface area contributed by atoms with Gasteiger partial charge in [-0.2, -0.15) is 5.26 Å². The fraction of sp³-hybridized carbons (Fsp3) is 0.677. The molecule has 4 fully saturated rings. The van der Waals surface area contributed by atoms with Crippen LogP contribution in [0.2, 0.25) is 0 Å². The van der Waals surface area contributed by atoms with E-state index in [-0.39, 0.29) is 11.9 Å². The van der Waals surface area contributed by atoms with Gasteiger partial charge in [-0.05, 0) is 124 Å². The number of nitrogens with zero attached hydrogens (tertiary/aromatic N) is 3. The van der Waals surface area contributed by atoms with E-state index in [9.17, 15) is 4.79 Å². The highest BCUT2D eigenvalue weighted by molar-refractivity contribution is 5.94. The normalized spacial score (nSPS) is 42.2. The number of carbonyl (C=O) groups excluding carboxylic acids is 1. The van der Waals surface area contributed by atoms with Gasteiger partial charge in [0, 0.05) is 31.2 Å². The van der Waals surface area contributed by atoms with Gasteiger partial charge < -0.3 is 9.80 Å². The molecule has 8 atom stereocenters. The van der Waals surface area contributed by atoms with E-state index in [2.05, 4.69) is 37.9 Å². The molecule has 1 aliphatic heterocycles. The van der Waals surface area contributed by atoms with Gasteiger partial charge in [-0.1, -0.05) is 18.6 Å². The molecule has 0 bridgehead atoms. The standard InChI is InChI=1S/C31H41N3O/c1-20-26-11-12-28-25-10-9-23-17-24(34(4)29(35)22-7-5-21(18-32)6-8-22)13-15-30(23,2)27(25)14-16-31(26,28)19-33(20)3/h5-9,20,24-28H,10-17,19H2,1-4H3/t20-,24-,25+,26+,27-,28-,30-,31-/m0/s1.